The van der Waals surface area contributed by atoms with Gasteiger partial charge in [0.2, 0.25) is 5.16 Å². The highest BCUT2D eigenvalue weighted by molar-refractivity contribution is 8.04. The zero-order valence-electron chi connectivity index (χ0n) is 16.2. The number of methoxy groups -OCH3 is 1. The molecule has 0 saturated heterocycles. The lowest BCUT2D eigenvalue weighted by atomic mass is 10.1. The molecule has 2 aromatic carbocycles. The van der Waals surface area contributed by atoms with E-state index in [-0.39, 0.29) is 11.5 Å². The molecule has 8 nitrogen and oxygen atoms in total. The minimum Gasteiger partial charge on any atom is -0.493 e. The molecule has 0 saturated carbocycles. The summed E-state index contributed by atoms with van der Waals surface area (Å²) in [6.45, 7) is 1.94. The number of aliphatic carboxylic acids is 1. The van der Waals surface area contributed by atoms with E-state index in [0.717, 1.165) is 17.3 Å². The van der Waals surface area contributed by atoms with Gasteiger partial charge in [-0.2, -0.15) is 5.26 Å². The van der Waals surface area contributed by atoms with Gasteiger partial charge in [-0.25, -0.2) is 9.78 Å². The zero-order valence-corrected chi connectivity index (χ0v) is 17.1. The van der Waals surface area contributed by atoms with Gasteiger partial charge in [-0.15, -0.1) is 5.10 Å². The van der Waals surface area contributed by atoms with Crippen LogP contribution >= 0.6 is 11.8 Å². The number of aromatic nitrogens is 3. The number of thioether (sulfide) groups is 1. The number of rotatable bonds is 8. The summed E-state index contributed by atoms with van der Waals surface area (Å²) < 4.78 is 11.2. The summed E-state index contributed by atoms with van der Waals surface area (Å²) in [4.78, 5) is 15.8. The SMILES string of the molecule is COc1cc(/C=C(\Sc2n[nH]c(C)n2)C(=O)O)ccc1OCc1ccccc1C#N. The van der Waals surface area contributed by atoms with E-state index < -0.39 is 5.97 Å². The van der Waals surface area contributed by atoms with Gasteiger partial charge in [0.1, 0.15) is 17.3 Å². The molecular weight excluding hydrogens is 404 g/mol. The minimum atomic E-state index is -1.09. The number of benzene rings is 2. The highest BCUT2D eigenvalue weighted by atomic mass is 32.2. The summed E-state index contributed by atoms with van der Waals surface area (Å²) in [6, 6.07) is 14.4. The molecule has 152 valence electrons. The molecule has 1 aromatic heterocycles. The highest BCUT2D eigenvalue weighted by Crippen LogP contribution is 2.32. The molecule has 3 aromatic rings. The fraction of sp³-hybridized carbons (Fsp3) is 0.143. The number of aromatic amines is 1. The fourth-order valence-electron chi connectivity index (χ4n) is 2.56. The first-order valence-electron chi connectivity index (χ1n) is 8.81. The Morgan fingerprint density at radius 3 is 2.77 bits per heavy atom. The molecule has 2 N–H and O–H groups in total. The second-order valence-electron chi connectivity index (χ2n) is 6.09. The van der Waals surface area contributed by atoms with E-state index in [1.165, 1.54) is 13.2 Å². The van der Waals surface area contributed by atoms with Crippen molar-refractivity contribution in [1.82, 2.24) is 15.2 Å². The Bertz CT molecular complexity index is 1130. The number of H-pyrrole nitrogens is 1. The van der Waals surface area contributed by atoms with Crippen LogP contribution in [0.25, 0.3) is 6.08 Å². The van der Waals surface area contributed by atoms with E-state index >= 15 is 0 Å². The van der Waals surface area contributed by atoms with Gasteiger partial charge in [0.25, 0.3) is 0 Å². The first-order valence-corrected chi connectivity index (χ1v) is 9.62. The van der Waals surface area contributed by atoms with Crippen molar-refractivity contribution < 1.29 is 19.4 Å². The first kappa shape index (κ1) is 21.0. The van der Waals surface area contributed by atoms with Gasteiger partial charge >= 0.3 is 5.97 Å². The lowest BCUT2D eigenvalue weighted by Crippen LogP contribution is -2.00. The summed E-state index contributed by atoms with van der Waals surface area (Å²) in [5.74, 6) is 0.441. The molecule has 0 spiro atoms. The standard InChI is InChI=1S/C21H18N4O4S/c1-13-23-21(25-24-13)30-19(20(26)27)10-14-7-8-17(18(9-14)28-2)29-12-16-6-4-3-5-15(16)11-22/h3-10H,12H2,1-2H3,(H,26,27)(H,23,24,25)/b19-10-. The van der Waals surface area contributed by atoms with Crippen molar-refractivity contribution in [2.75, 3.05) is 7.11 Å². The molecule has 3 rings (SSSR count). The molecule has 0 bridgehead atoms. The van der Waals surface area contributed by atoms with Crippen LogP contribution in [0.5, 0.6) is 11.5 Å². The summed E-state index contributed by atoms with van der Waals surface area (Å²) in [5.41, 5.74) is 1.92. The average Bonchev–Trinajstić information content (AvgIpc) is 3.16. The number of carbonyl (C=O) groups is 1. The van der Waals surface area contributed by atoms with Gasteiger partial charge in [-0.3, -0.25) is 5.10 Å². The topological polar surface area (TPSA) is 121 Å². The van der Waals surface area contributed by atoms with Crippen molar-refractivity contribution in [3.63, 3.8) is 0 Å². The van der Waals surface area contributed by atoms with Gasteiger partial charge in [0, 0.05) is 5.56 Å². The van der Waals surface area contributed by atoms with Crippen molar-refractivity contribution in [2.45, 2.75) is 18.7 Å². The number of nitrogens with zero attached hydrogens (tertiary/aromatic N) is 3. The maximum absolute atomic E-state index is 11.6. The van der Waals surface area contributed by atoms with E-state index in [2.05, 4.69) is 21.3 Å². The normalized spacial score (nSPS) is 11.0. The molecule has 0 atom stereocenters. The van der Waals surface area contributed by atoms with Gasteiger partial charge in [0.05, 0.1) is 18.7 Å². The summed E-state index contributed by atoms with van der Waals surface area (Å²) in [7, 11) is 1.50. The maximum Gasteiger partial charge on any atom is 0.342 e. The Balaban J connectivity index is 1.80. The van der Waals surface area contributed by atoms with Gasteiger partial charge in [-0.1, -0.05) is 24.3 Å². The lowest BCUT2D eigenvalue weighted by molar-refractivity contribution is -0.131. The summed E-state index contributed by atoms with van der Waals surface area (Å²) in [6.07, 6.45) is 1.51. The van der Waals surface area contributed by atoms with Gasteiger partial charge in [0.15, 0.2) is 11.5 Å². The lowest BCUT2D eigenvalue weighted by Gasteiger charge is -2.12. The van der Waals surface area contributed by atoms with E-state index in [9.17, 15) is 15.2 Å². The molecule has 9 heteroatoms. The molecule has 0 aliphatic heterocycles. The van der Waals surface area contributed by atoms with Crippen LogP contribution in [0.15, 0.2) is 52.5 Å². The molecule has 0 fully saturated rings. The molecule has 1 heterocycles. The monoisotopic (exact) mass is 422 g/mol. The minimum absolute atomic E-state index is 0.0627. The number of hydrogen-bond donors (Lipinski definition) is 2. The Labute approximate surface area is 177 Å². The number of aryl methyl sites for hydroxylation is 1. The van der Waals surface area contributed by atoms with Crippen LogP contribution in [0.2, 0.25) is 0 Å². The third-order valence-electron chi connectivity index (χ3n) is 4.00. The van der Waals surface area contributed by atoms with E-state index in [1.807, 2.05) is 12.1 Å². The van der Waals surface area contributed by atoms with Crippen molar-refractivity contribution in [1.29, 1.82) is 5.26 Å². The van der Waals surface area contributed by atoms with Crippen LogP contribution in [0.3, 0.4) is 0 Å². The molecule has 0 unspecified atom stereocenters. The largest absolute Gasteiger partial charge is 0.493 e. The maximum atomic E-state index is 11.6. The molecule has 0 radical (unpaired) electrons. The van der Waals surface area contributed by atoms with Crippen LogP contribution in [-0.4, -0.2) is 33.4 Å². The second kappa shape index (κ2) is 9.62. The Morgan fingerprint density at radius 1 is 1.30 bits per heavy atom. The Hall–Kier alpha value is -3.77. The molecular formula is C21H18N4O4S. The predicted molar refractivity (Wildman–Crippen MR) is 111 cm³/mol. The molecule has 0 aliphatic rings. The quantitative estimate of drug-likeness (QED) is 0.415. The fourth-order valence-corrected chi connectivity index (χ4v) is 3.31. The van der Waals surface area contributed by atoms with Crippen LogP contribution in [0.1, 0.15) is 22.5 Å². The van der Waals surface area contributed by atoms with Crippen molar-refractivity contribution in [3.05, 3.63) is 69.9 Å². The smallest absolute Gasteiger partial charge is 0.342 e. The summed E-state index contributed by atoms with van der Waals surface area (Å²) >= 11 is 0.947. The van der Waals surface area contributed by atoms with Crippen LogP contribution in [-0.2, 0) is 11.4 Å². The number of nitrogens with one attached hydrogen (secondary N) is 1. The van der Waals surface area contributed by atoms with E-state index in [1.54, 1.807) is 37.3 Å². The van der Waals surface area contributed by atoms with Crippen molar-refractivity contribution in [2.24, 2.45) is 0 Å². The van der Waals surface area contributed by atoms with Crippen molar-refractivity contribution in [3.8, 4) is 17.6 Å². The van der Waals surface area contributed by atoms with Crippen molar-refractivity contribution >= 4 is 23.8 Å². The number of carboxylic acids is 1. The summed E-state index contributed by atoms with van der Waals surface area (Å²) in [5, 5.41) is 25.6. The van der Waals surface area contributed by atoms with Gasteiger partial charge in [-0.05, 0) is 48.5 Å². The molecule has 0 aliphatic carbocycles. The number of ether oxygens (including phenoxy) is 2. The Kier molecular flexibility index (Phi) is 6.72. The van der Waals surface area contributed by atoms with Crippen LogP contribution in [0.4, 0.5) is 0 Å². The molecule has 30 heavy (non-hydrogen) atoms. The predicted octanol–water partition coefficient (Wildman–Crippen LogP) is 3.79. The first-order chi connectivity index (χ1) is 14.5. The van der Waals surface area contributed by atoms with E-state index in [0.29, 0.717) is 33.6 Å². The molecule has 0 amide bonds. The second-order valence-corrected chi connectivity index (χ2v) is 7.10. The Morgan fingerprint density at radius 2 is 2.10 bits per heavy atom. The van der Waals surface area contributed by atoms with Gasteiger partial charge < -0.3 is 14.6 Å². The zero-order chi connectivity index (χ0) is 21.5. The number of hydrogen-bond acceptors (Lipinski definition) is 7. The number of nitriles is 1. The van der Waals surface area contributed by atoms with Crippen LogP contribution < -0.4 is 9.47 Å². The number of carboxylic acid groups (broad SMARTS) is 1. The average molecular weight is 422 g/mol. The third kappa shape index (κ3) is 5.18. The highest BCUT2D eigenvalue weighted by Gasteiger charge is 2.14. The third-order valence-corrected chi connectivity index (χ3v) is 4.87. The van der Waals surface area contributed by atoms with E-state index in [4.69, 9.17) is 9.47 Å². The van der Waals surface area contributed by atoms with Crippen LogP contribution in [0, 0.1) is 18.3 Å².